The molecule has 1 saturated carbocycles. The topological polar surface area (TPSA) is 41.6 Å². The number of nitrogens with one attached hydrogen (secondary N) is 1. The van der Waals surface area contributed by atoms with Crippen LogP contribution in [0.2, 0.25) is 0 Å². The minimum Gasteiger partial charge on any atom is -0.378 e. The molecule has 2 aliphatic rings. The highest BCUT2D eigenvalue weighted by atomic mass is 16.5. The zero-order valence-electron chi connectivity index (χ0n) is 12.5. The van der Waals surface area contributed by atoms with Crippen molar-refractivity contribution in [3.8, 4) is 0 Å². The van der Waals surface area contributed by atoms with Crippen LogP contribution in [0.25, 0.3) is 0 Å². The van der Waals surface area contributed by atoms with Gasteiger partial charge in [0.25, 0.3) is 0 Å². The van der Waals surface area contributed by atoms with Gasteiger partial charge in [-0.2, -0.15) is 0 Å². The Bertz CT molecular complexity index is 308. The second-order valence-electron chi connectivity index (χ2n) is 6.02. The van der Waals surface area contributed by atoms with Gasteiger partial charge in [-0.3, -0.25) is 4.79 Å². The summed E-state index contributed by atoms with van der Waals surface area (Å²) in [4.78, 5) is 14.4. The zero-order valence-corrected chi connectivity index (χ0v) is 12.5. The number of rotatable bonds is 6. The molecular formula is C16H28N2O2. The van der Waals surface area contributed by atoms with Crippen molar-refractivity contribution in [1.29, 1.82) is 0 Å². The molecule has 0 aromatic heterocycles. The molecule has 1 amide bonds. The first-order valence-corrected chi connectivity index (χ1v) is 7.99. The van der Waals surface area contributed by atoms with Gasteiger partial charge >= 0.3 is 0 Å². The third kappa shape index (κ3) is 4.91. The van der Waals surface area contributed by atoms with Crippen LogP contribution in [0.3, 0.4) is 0 Å². The highest BCUT2D eigenvalue weighted by Crippen LogP contribution is 2.24. The summed E-state index contributed by atoms with van der Waals surface area (Å²) in [5.74, 6) is 0.918. The fourth-order valence-corrected chi connectivity index (χ4v) is 3.21. The minimum absolute atomic E-state index is 0.176. The van der Waals surface area contributed by atoms with E-state index in [1.807, 2.05) is 11.0 Å². The Kier molecular flexibility index (Phi) is 6.54. The summed E-state index contributed by atoms with van der Waals surface area (Å²) in [6, 6.07) is 0.176. The van der Waals surface area contributed by atoms with Crippen molar-refractivity contribution in [3.63, 3.8) is 0 Å². The molecule has 1 heterocycles. The van der Waals surface area contributed by atoms with Crippen LogP contribution in [0.4, 0.5) is 0 Å². The van der Waals surface area contributed by atoms with Crippen LogP contribution in [0.5, 0.6) is 0 Å². The molecule has 1 N–H and O–H groups in total. The number of ether oxygens (including phenoxy) is 1. The molecule has 1 saturated heterocycles. The second kappa shape index (κ2) is 8.42. The predicted molar refractivity (Wildman–Crippen MR) is 80.6 cm³/mol. The third-order valence-corrected chi connectivity index (χ3v) is 4.32. The normalized spacial score (nSPS) is 24.3. The number of amides is 1. The highest BCUT2D eigenvalue weighted by molar-refractivity contribution is 5.77. The van der Waals surface area contributed by atoms with Gasteiger partial charge in [0.1, 0.15) is 0 Å². The fraction of sp³-hybridized carbons (Fsp3) is 0.812. The van der Waals surface area contributed by atoms with Gasteiger partial charge in [0, 0.05) is 32.1 Å². The van der Waals surface area contributed by atoms with Gasteiger partial charge in [0.15, 0.2) is 0 Å². The number of carbonyl (C=O) groups excluding carboxylic acids is 1. The van der Waals surface area contributed by atoms with Gasteiger partial charge in [-0.25, -0.2) is 0 Å². The van der Waals surface area contributed by atoms with Gasteiger partial charge < -0.3 is 15.0 Å². The van der Waals surface area contributed by atoms with E-state index >= 15 is 0 Å². The standard InChI is InChI=1S/C16H28N2O2/c1-2-9-18(12-14-6-4-3-5-7-14)16(19)11-15-13-20-10-8-17-15/h2,14-15,17H,1,3-13H2. The summed E-state index contributed by atoms with van der Waals surface area (Å²) in [5, 5.41) is 3.35. The van der Waals surface area contributed by atoms with Crippen molar-refractivity contribution in [2.75, 3.05) is 32.8 Å². The van der Waals surface area contributed by atoms with E-state index in [0.29, 0.717) is 25.5 Å². The van der Waals surface area contributed by atoms with Crippen LogP contribution in [-0.2, 0) is 9.53 Å². The maximum atomic E-state index is 12.5. The van der Waals surface area contributed by atoms with E-state index < -0.39 is 0 Å². The van der Waals surface area contributed by atoms with E-state index in [0.717, 1.165) is 19.7 Å². The molecule has 0 spiro atoms. The van der Waals surface area contributed by atoms with Crippen LogP contribution < -0.4 is 5.32 Å². The molecule has 1 aliphatic heterocycles. The van der Waals surface area contributed by atoms with E-state index in [-0.39, 0.29) is 11.9 Å². The van der Waals surface area contributed by atoms with Crippen molar-refractivity contribution >= 4 is 5.91 Å². The number of hydrogen-bond acceptors (Lipinski definition) is 3. The molecule has 4 heteroatoms. The van der Waals surface area contributed by atoms with Crippen molar-refractivity contribution < 1.29 is 9.53 Å². The van der Waals surface area contributed by atoms with E-state index in [4.69, 9.17) is 4.74 Å². The van der Waals surface area contributed by atoms with Gasteiger partial charge in [-0.1, -0.05) is 25.3 Å². The second-order valence-corrected chi connectivity index (χ2v) is 6.02. The van der Waals surface area contributed by atoms with E-state index in [2.05, 4.69) is 11.9 Å². The van der Waals surface area contributed by atoms with Gasteiger partial charge in [0.2, 0.25) is 5.91 Å². The summed E-state index contributed by atoms with van der Waals surface area (Å²) < 4.78 is 5.42. The highest BCUT2D eigenvalue weighted by Gasteiger charge is 2.23. The molecule has 0 radical (unpaired) electrons. The molecular weight excluding hydrogens is 252 g/mol. The number of carbonyl (C=O) groups is 1. The Morgan fingerprint density at radius 2 is 2.15 bits per heavy atom. The van der Waals surface area contributed by atoms with Crippen LogP contribution >= 0.6 is 0 Å². The van der Waals surface area contributed by atoms with E-state index in [1.54, 1.807) is 0 Å². The molecule has 2 rings (SSSR count). The van der Waals surface area contributed by atoms with Crippen LogP contribution in [0.1, 0.15) is 38.5 Å². The maximum absolute atomic E-state index is 12.5. The lowest BCUT2D eigenvalue weighted by atomic mass is 9.89. The summed E-state index contributed by atoms with van der Waals surface area (Å²) in [6.07, 6.45) is 8.91. The van der Waals surface area contributed by atoms with Gasteiger partial charge in [0.05, 0.1) is 13.2 Å². The number of nitrogens with zero attached hydrogens (tertiary/aromatic N) is 1. The van der Waals surface area contributed by atoms with Crippen molar-refractivity contribution in [2.24, 2.45) is 5.92 Å². The molecule has 2 fully saturated rings. The summed E-state index contributed by atoms with van der Waals surface area (Å²) >= 11 is 0. The Labute approximate surface area is 122 Å². The lowest BCUT2D eigenvalue weighted by Crippen LogP contribution is -2.46. The molecule has 0 aromatic rings. The van der Waals surface area contributed by atoms with Gasteiger partial charge in [-0.05, 0) is 18.8 Å². The maximum Gasteiger partial charge on any atom is 0.224 e. The lowest BCUT2D eigenvalue weighted by molar-refractivity contribution is -0.132. The monoisotopic (exact) mass is 280 g/mol. The molecule has 114 valence electrons. The Morgan fingerprint density at radius 1 is 1.35 bits per heavy atom. The predicted octanol–water partition coefficient (Wildman–Crippen LogP) is 1.96. The average molecular weight is 280 g/mol. The number of morpholine rings is 1. The molecule has 20 heavy (non-hydrogen) atoms. The largest absolute Gasteiger partial charge is 0.378 e. The molecule has 1 unspecified atom stereocenters. The Morgan fingerprint density at radius 3 is 2.80 bits per heavy atom. The smallest absolute Gasteiger partial charge is 0.224 e. The Balaban J connectivity index is 1.82. The fourth-order valence-electron chi connectivity index (χ4n) is 3.21. The summed E-state index contributed by atoms with van der Waals surface area (Å²) in [6.45, 7) is 7.61. The van der Waals surface area contributed by atoms with Gasteiger partial charge in [-0.15, -0.1) is 6.58 Å². The minimum atomic E-state index is 0.176. The summed E-state index contributed by atoms with van der Waals surface area (Å²) in [5.41, 5.74) is 0. The van der Waals surface area contributed by atoms with E-state index in [9.17, 15) is 4.79 Å². The first kappa shape index (κ1) is 15.5. The first-order chi connectivity index (χ1) is 9.79. The first-order valence-electron chi connectivity index (χ1n) is 7.99. The zero-order chi connectivity index (χ0) is 14.2. The molecule has 0 aromatic carbocycles. The van der Waals surface area contributed by atoms with Crippen molar-refractivity contribution in [3.05, 3.63) is 12.7 Å². The molecule has 1 atom stereocenters. The SMILES string of the molecule is C=CCN(CC1CCCCC1)C(=O)CC1COCCN1. The third-order valence-electron chi connectivity index (χ3n) is 4.32. The van der Waals surface area contributed by atoms with E-state index in [1.165, 1.54) is 32.1 Å². The van der Waals surface area contributed by atoms with Crippen LogP contribution in [0.15, 0.2) is 12.7 Å². The lowest BCUT2D eigenvalue weighted by Gasteiger charge is -2.31. The molecule has 4 nitrogen and oxygen atoms in total. The van der Waals surface area contributed by atoms with Crippen molar-refractivity contribution in [2.45, 2.75) is 44.6 Å². The Hall–Kier alpha value is -0.870. The molecule has 1 aliphatic carbocycles. The number of hydrogen-bond donors (Lipinski definition) is 1. The van der Waals surface area contributed by atoms with Crippen LogP contribution in [-0.4, -0.2) is 49.7 Å². The average Bonchev–Trinajstić information content (AvgIpc) is 2.49. The summed E-state index contributed by atoms with van der Waals surface area (Å²) in [7, 11) is 0. The molecule has 0 bridgehead atoms. The van der Waals surface area contributed by atoms with Crippen molar-refractivity contribution in [1.82, 2.24) is 10.2 Å². The van der Waals surface area contributed by atoms with Crippen LogP contribution in [0, 0.1) is 5.92 Å². The quantitative estimate of drug-likeness (QED) is 0.756.